The molecule has 1 fully saturated rings. The normalized spacial score (nSPS) is 22.6. The number of amides is 3. The van der Waals surface area contributed by atoms with Crippen LogP contribution < -0.4 is 15.6 Å². The molecule has 3 amide bonds. The molecule has 0 unspecified atom stereocenters. The van der Waals surface area contributed by atoms with E-state index in [2.05, 4.69) is 15.8 Å². The number of anilines is 1. The number of hydrogen-bond donors (Lipinski definition) is 2. The lowest BCUT2D eigenvalue weighted by molar-refractivity contribution is -0.120. The molecule has 26 heavy (non-hydrogen) atoms. The first-order valence-corrected chi connectivity index (χ1v) is 8.80. The van der Waals surface area contributed by atoms with E-state index < -0.39 is 18.0 Å². The molecule has 0 aliphatic carbocycles. The van der Waals surface area contributed by atoms with E-state index in [1.807, 2.05) is 0 Å². The number of ether oxygens (including phenoxy) is 1. The smallest absolute Gasteiger partial charge is 0.414 e. The number of benzene rings is 1. The SMILES string of the molecule is CC(=O)NC[C@H]1CN(c2ccc(C3=NNC(=O)[C@@H](C)S3)c(F)c2)C(=O)O1. The van der Waals surface area contributed by atoms with Gasteiger partial charge in [-0.15, -0.1) is 0 Å². The van der Waals surface area contributed by atoms with Gasteiger partial charge in [-0.05, 0) is 25.1 Å². The Morgan fingerprint density at radius 1 is 1.50 bits per heavy atom. The predicted octanol–water partition coefficient (Wildman–Crippen LogP) is 1.20. The molecule has 1 saturated heterocycles. The van der Waals surface area contributed by atoms with Crippen molar-refractivity contribution in [2.45, 2.75) is 25.2 Å². The summed E-state index contributed by atoms with van der Waals surface area (Å²) < 4.78 is 19.7. The minimum atomic E-state index is -0.599. The van der Waals surface area contributed by atoms with Crippen molar-refractivity contribution in [3.63, 3.8) is 0 Å². The van der Waals surface area contributed by atoms with Crippen LogP contribution in [-0.2, 0) is 14.3 Å². The first-order chi connectivity index (χ1) is 12.3. The van der Waals surface area contributed by atoms with E-state index in [0.29, 0.717) is 10.7 Å². The lowest BCUT2D eigenvalue weighted by atomic mass is 10.2. The molecule has 2 atom stereocenters. The van der Waals surface area contributed by atoms with Crippen LogP contribution in [0.2, 0.25) is 0 Å². The van der Waals surface area contributed by atoms with E-state index in [0.717, 1.165) is 11.8 Å². The van der Waals surface area contributed by atoms with Gasteiger partial charge in [0.05, 0.1) is 24.0 Å². The predicted molar refractivity (Wildman–Crippen MR) is 94.4 cm³/mol. The average Bonchev–Trinajstić information content (AvgIpc) is 2.96. The highest BCUT2D eigenvalue weighted by atomic mass is 32.2. The van der Waals surface area contributed by atoms with Crippen molar-refractivity contribution in [3.05, 3.63) is 29.6 Å². The highest BCUT2D eigenvalue weighted by Crippen LogP contribution is 2.28. The third kappa shape index (κ3) is 3.79. The van der Waals surface area contributed by atoms with Gasteiger partial charge in [-0.2, -0.15) is 5.10 Å². The molecule has 2 heterocycles. The first kappa shape index (κ1) is 18.2. The largest absolute Gasteiger partial charge is 0.442 e. The maximum atomic E-state index is 14.5. The number of cyclic esters (lactones) is 1. The van der Waals surface area contributed by atoms with Gasteiger partial charge in [0.2, 0.25) is 5.91 Å². The molecule has 10 heteroatoms. The summed E-state index contributed by atoms with van der Waals surface area (Å²) in [6, 6.07) is 4.32. The van der Waals surface area contributed by atoms with Crippen LogP contribution in [0.5, 0.6) is 0 Å². The summed E-state index contributed by atoms with van der Waals surface area (Å²) in [4.78, 5) is 35.7. The van der Waals surface area contributed by atoms with Crippen molar-refractivity contribution in [3.8, 4) is 0 Å². The molecule has 0 radical (unpaired) electrons. The molecule has 0 spiro atoms. The fraction of sp³-hybridized carbons (Fsp3) is 0.375. The maximum Gasteiger partial charge on any atom is 0.414 e. The molecular formula is C16H17FN4O4S. The average molecular weight is 380 g/mol. The van der Waals surface area contributed by atoms with Crippen LogP contribution in [0.1, 0.15) is 19.4 Å². The number of carbonyl (C=O) groups excluding carboxylic acids is 3. The van der Waals surface area contributed by atoms with Gasteiger partial charge in [-0.3, -0.25) is 14.5 Å². The minimum absolute atomic E-state index is 0.198. The monoisotopic (exact) mass is 380 g/mol. The van der Waals surface area contributed by atoms with Crippen molar-refractivity contribution in [1.29, 1.82) is 0 Å². The zero-order valence-corrected chi connectivity index (χ0v) is 14.9. The van der Waals surface area contributed by atoms with Gasteiger partial charge in [0.15, 0.2) is 0 Å². The fourth-order valence-corrected chi connectivity index (χ4v) is 3.39. The van der Waals surface area contributed by atoms with Gasteiger partial charge in [0, 0.05) is 12.5 Å². The van der Waals surface area contributed by atoms with Crippen LogP contribution >= 0.6 is 11.8 Å². The molecule has 0 aromatic heterocycles. The summed E-state index contributed by atoms with van der Waals surface area (Å²) in [5.74, 6) is -1.02. The second-order valence-electron chi connectivity index (χ2n) is 5.87. The van der Waals surface area contributed by atoms with E-state index in [1.165, 1.54) is 24.0 Å². The standard InChI is InChI=1S/C16H17FN4O4S/c1-8-14(23)19-20-15(26-8)12-4-3-10(5-13(12)17)21-7-11(25-16(21)24)6-18-9(2)22/h3-5,8,11H,6-7H2,1-2H3,(H,18,22)(H,19,23)/t8-,11+/m1/s1. The molecular weight excluding hydrogens is 363 g/mol. The van der Waals surface area contributed by atoms with Gasteiger partial charge in [-0.25, -0.2) is 14.6 Å². The highest BCUT2D eigenvalue weighted by molar-refractivity contribution is 8.15. The van der Waals surface area contributed by atoms with Crippen molar-refractivity contribution < 1.29 is 23.5 Å². The zero-order chi connectivity index (χ0) is 18.8. The molecule has 8 nitrogen and oxygen atoms in total. The van der Waals surface area contributed by atoms with Crippen LogP contribution in [0.3, 0.4) is 0 Å². The number of rotatable bonds is 4. The van der Waals surface area contributed by atoms with Crippen molar-refractivity contribution in [2.75, 3.05) is 18.0 Å². The third-order valence-corrected chi connectivity index (χ3v) is 4.97. The summed E-state index contributed by atoms with van der Waals surface area (Å²) >= 11 is 1.16. The lowest BCUT2D eigenvalue weighted by Gasteiger charge is -2.19. The number of nitrogens with one attached hydrogen (secondary N) is 2. The van der Waals surface area contributed by atoms with Gasteiger partial charge < -0.3 is 10.1 Å². The van der Waals surface area contributed by atoms with Crippen LogP contribution in [0, 0.1) is 5.82 Å². The van der Waals surface area contributed by atoms with Gasteiger partial charge >= 0.3 is 6.09 Å². The van der Waals surface area contributed by atoms with E-state index >= 15 is 0 Å². The molecule has 138 valence electrons. The van der Waals surface area contributed by atoms with Gasteiger partial charge in [-0.1, -0.05) is 11.8 Å². The molecule has 0 saturated carbocycles. The Labute approximate surface area is 153 Å². The minimum Gasteiger partial charge on any atom is -0.442 e. The topological polar surface area (TPSA) is 100 Å². The zero-order valence-electron chi connectivity index (χ0n) is 14.1. The first-order valence-electron chi connectivity index (χ1n) is 7.92. The molecule has 1 aromatic rings. The van der Waals surface area contributed by atoms with E-state index in [4.69, 9.17) is 4.74 Å². The fourth-order valence-electron chi connectivity index (χ4n) is 2.51. The van der Waals surface area contributed by atoms with Crippen LogP contribution in [0.15, 0.2) is 23.3 Å². The lowest BCUT2D eigenvalue weighted by Crippen LogP contribution is -2.33. The number of nitrogens with zero attached hydrogens (tertiary/aromatic N) is 2. The Kier molecular flexibility index (Phi) is 5.12. The Balaban J connectivity index is 1.75. The van der Waals surface area contributed by atoms with Crippen LogP contribution in [0.25, 0.3) is 0 Å². The molecule has 2 aliphatic heterocycles. The number of carbonyl (C=O) groups is 3. The Bertz CT molecular complexity index is 800. The Morgan fingerprint density at radius 2 is 2.27 bits per heavy atom. The number of halogens is 1. The number of thioether (sulfide) groups is 1. The Morgan fingerprint density at radius 3 is 2.92 bits per heavy atom. The summed E-state index contributed by atoms with van der Waals surface area (Å²) in [5.41, 5.74) is 2.95. The summed E-state index contributed by atoms with van der Waals surface area (Å²) in [5, 5.41) is 6.46. The van der Waals surface area contributed by atoms with Crippen molar-refractivity contribution >= 4 is 40.4 Å². The van der Waals surface area contributed by atoms with E-state index in [-0.39, 0.29) is 35.7 Å². The summed E-state index contributed by atoms with van der Waals surface area (Å²) in [7, 11) is 0. The van der Waals surface area contributed by atoms with Crippen molar-refractivity contribution in [2.24, 2.45) is 5.10 Å². The van der Waals surface area contributed by atoms with Gasteiger partial charge in [0.1, 0.15) is 17.0 Å². The third-order valence-electron chi connectivity index (χ3n) is 3.87. The van der Waals surface area contributed by atoms with Gasteiger partial charge in [0.25, 0.3) is 5.91 Å². The number of hydrazone groups is 1. The maximum absolute atomic E-state index is 14.5. The summed E-state index contributed by atoms with van der Waals surface area (Å²) in [6.45, 7) is 3.48. The van der Waals surface area contributed by atoms with Crippen LogP contribution in [-0.4, -0.2) is 47.4 Å². The molecule has 1 aromatic carbocycles. The summed E-state index contributed by atoms with van der Waals surface area (Å²) in [6.07, 6.45) is -1.10. The number of hydrogen-bond acceptors (Lipinski definition) is 6. The molecule has 0 bridgehead atoms. The second kappa shape index (κ2) is 7.32. The Hall–Kier alpha value is -2.62. The highest BCUT2D eigenvalue weighted by Gasteiger charge is 2.33. The van der Waals surface area contributed by atoms with E-state index in [9.17, 15) is 18.8 Å². The van der Waals surface area contributed by atoms with Crippen molar-refractivity contribution in [1.82, 2.24) is 10.7 Å². The second-order valence-corrected chi connectivity index (χ2v) is 7.20. The molecule has 3 rings (SSSR count). The van der Waals surface area contributed by atoms with E-state index in [1.54, 1.807) is 13.0 Å². The van der Waals surface area contributed by atoms with Crippen LogP contribution in [0.4, 0.5) is 14.9 Å². The quantitative estimate of drug-likeness (QED) is 0.818. The molecule has 2 aliphatic rings. The molecule has 2 N–H and O–H groups in total.